The van der Waals surface area contributed by atoms with E-state index in [4.69, 9.17) is 0 Å². The second-order valence-electron chi connectivity index (χ2n) is 5.32. The van der Waals surface area contributed by atoms with Gasteiger partial charge in [-0.05, 0) is 32.9 Å². The van der Waals surface area contributed by atoms with Crippen molar-refractivity contribution < 1.29 is 0 Å². The minimum absolute atomic E-state index is 0.420. The lowest BCUT2D eigenvalue weighted by molar-refractivity contribution is 0.492. The second-order valence-corrected chi connectivity index (χ2v) is 6.38. The highest BCUT2D eigenvalue weighted by Crippen LogP contribution is 2.14. The molecule has 4 nitrogen and oxygen atoms in total. The van der Waals surface area contributed by atoms with Crippen LogP contribution in [0.25, 0.3) is 0 Å². The van der Waals surface area contributed by atoms with Crippen molar-refractivity contribution in [1.29, 1.82) is 0 Å². The van der Waals surface area contributed by atoms with Gasteiger partial charge in [-0.15, -0.1) is 11.3 Å². The summed E-state index contributed by atoms with van der Waals surface area (Å²) in [7, 11) is 0. The van der Waals surface area contributed by atoms with Crippen molar-refractivity contribution in [2.45, 2.75) is 59.5 Å². The van der Waals surface area contributed by atoms with E-state index in [1.165, 1.54) is 17.1 Å². The quantitative estimate of drug-likeness (QED) is 0.815. The molecule has 1 atom stereocenters. The van der Waals surface area contributed by atoms with Crippen molar-refractivity contribution >= 4 is 11.3 Å². The van der Waals surface area contributed by atoms with Crippen LogP contribution in [0.1, 0.15) is 42.9 Å². The minimum Gasteiger partial charge on any atom is -0.313 e. The molecule has 0 fully saturated rings. The molecule has 0 aliphatic heterocycles. The van der Waals surface area contributed by atoms with Gasteiger partial charge < -0.3 is 5.32 Å². The van der Waals surface area contributed by atoms with E-state index in [2.05, 4.69) is 59.2 Å². The lowest BCUT2D eigenvalue weighted by Gasteiger charge is -2.17. The van der Waals surface area contributed by atoms with E-state index >= 15 is 0 Å². The zero-order valence-corrected chi connectivity index (χ0v) is 14.3. The average Bonchev–Trinajstić information content (AvgIpc) is 3.05. The fraction of sp³-hybridized carbons (Fsp3) is 0.625. The molecule has 2 heterocycles. The monoisotopic (exact) mass is 306 g/mol. The number of rotatable bonds is 8. The van der Waals surface area contributed by atoms with Crippen LogP contribution in [0.15, 0.2) is 11.4 Å². The first-order valence-corrected chi connectivity index (χ1v) is 8.74. The number of likely N-dealkylation sites (N-methyl/N-ethyl adjacent to an activating group) is 1. The third-order valence-corrected chi connectivity index (χ3v) is 4.47. The number of thiazole rings is 1. The molecule has 0 spiro atoms. The Bertz CT molecular complexity index is 558. The first kappa shape index (κ1) is 16.2. The van der Waals surface area contributed by atoms with Crippen LogP contribution in [0, 0.1) is 6.92 Å². The van der Waals surface area contributed by atoms with E-state index in [0.717, 1.165) is 37.4 Å². The highest BCUT2D eigenvalue weighted by atomic mass is 32.1. The van der Waals surface area contributed by atoms with Gasteiger partial charge in [0.2, 0.25) is 0 Å². The fourth-order valence-electron chi connectivity index (χ4n) is 2.64. The lowest BCUT2D eigenvalue weighted by Crippen LogP contribution is -2.33. The molecule has 1 N–H and O–H groups in total. The molecule has 0 amide bonds. The van der Waals surface area contributed by atoms with E-state index in [9.17, 15) is 0 Å². The van der Waals surface area contributed by atoms with Crippen molar-refractivity contribution in [3.8, 4) is 0 Å². The van der Waals surface area contributed by atoms with Crippen LogP contribution in [0.3, 0.4) is 0 Å². The Morgan fingerprint density at radius 1 is 1.24 bits per heavy atom. The summed E-state index contributed by atoms with van der Waals surface area (Å²) in [4.78, 5) is 4.59. The molecule has 2 aromatic rings. The Morgan fingerprint density at radius 3 is 2.62 bits per heavy atom. The van der Waals surface area contributed by atoms with Gasteiger partial charge >= 0.3 is 0 Å². The number of hydrogen-bond donors (Lipinski definition) is 1. The Labute approximate surface area is 131 Å². The summed E-state index contributed by atoms with van der Waals surface area (Å²) in [5.41, 5.74) is 3.71. The maximum absolute atomic E-state index is 4.65. The van der Waals surface area contributed by atoms with Crippen molar-refractivity contribution in [2.24, 2.45) is 0 Å². The van der Waals surface area contributed by atoms with E-state index in [1.54, 1.807) is 11.3 Å². The number of nitrogens with one attached hydrogen (secondary N) is 1. The molecule has 116 valence electrons. The zero-order chi connectivity index (χ0) is 15.2. The van der Waals surface area contributed by atoms with Gasteiger partial charge in [-0.1, -0.05) is 13.8 Å². The summed E-state index contributed by atoms with van der Waals surface area (Å²) in [6.45, 7) is 10.5. The van der Waals surface area contributed by atoms with Gasteiger partial charge in [0.1, 0.15) is 0 Å². The summed E-state index contributed by atoms with van der Waals surface area (Å²) >= 11 is 1.73. The predicted molar refractivity (Wildman–Crippen MR) is 89.0 cm³/mol. The van der Waals surface area contributed by atoms with Gasteiger partial charge in [0.15, 0.2) is 0 Å². The van der Waals surface area contributed by atoms with E-state index in [1.807, 2.05) is 0 Å². The average molecular weight is 306 g/mol. The molecule has 2 aromatic heterocycles. The summed E-state index contributed by atoms with van der Waals surface area (Å²) in [6, 6.07) is 2.67. The maximum Gasteiger partial charge on any atom is 0.0897 e. The first-order valence-electron chi connectivity index (χ1n) is 7.86. The number of aromatic nitrogens is 3. The fourth-order valence-corrected chi connectivity index (χ4v) is 3.26. The molecule has 0 aliphatic rings. The molecule has 0 aliphatic carbocycles. The highest BCUT2D eigenvalue weighted by molar-refractivity contribution is 7.09. The third-order valence-electron chi connectivity index (χ3n) is 3.65. The SMILES string of the molecule is CCNC(Cc1csc(C)n1)Cc1cc(CC)nn1CC. The summed E-state index contributed by atoms with van der Waals surface area (Å²) in [5, 5.41) is 11.6. The number of aryl methyl sites for hydroxylation is 3. The zero-order valence-electron chi connectivity index (χ0n) is 13.5. The van der Waals surface area contributed by atoms with Crippen molar-refractivity contribution in [1.82, 2.24) is 20.1 Å². The molecule has 0 saturated heterocycles. The van der Waals surface area contributed by atoms with Crippen LogP contribution in [0.5, 0.6) is 0 Å². The highest BCUT2D eigenvalue weighted by Gasteiger charge is 2.15. The van der Waals surface area contributed by atoms with Gasteiger partial charge in [-0.3, -0.25) is 4.68 Å². The molecular formula is C16H26N4S. The maximum atomic E-state index is 4.65. The molecule has 0 saturated carbocycles. The van der Waals surface area contributed by atoms with Gasteiger partial charge in [0.05, 0.1) is 16.4 Å². The predicted octanol–water partition coefficient (Wildman–Crippen LogP) is 2.99. The Kier molecular flexibility index (Phi) is 5.94. The van der Waals surface area contributed by atoms with Crippen molar-refractivity contribution in [2.75, 3.05) is 6.54 Å². The van der Waals surface area contributed by atoms with Crippen LogP contribution >= 0.6 is 11.3 Å². The molecule has 2 rings (SSSR count). The van der Waals surface area contributed by atoms with Gasteiger partial charge in [-0.2, -0.15) is 5.10 Å². The number of hydrogen-bond acceptors (Lipinski definition) is 4. The van der Waals surface area contributed by atoms with Crippen LogP contribution in [0.2, 0.25) is 0 Å². The van der Waals surface area contributed by atoms with E-state index in [0.29, 0.717) is 6.04 Å². The van der Waals surface area contributed by atoms with Crippen LogP contribution in [-0.2, 0) is 25.8 Å². The Hall–Kier alpha value is -1.20. The minimum atomic E-state index is 0.420. The molecule has 0 radical (unpaired) electrons. The first-order chi connectivity index (χ1) is 10.2. The normalized spacial score (nSPS) is 12.8. The van der Waals surface area contributed by atoms with Gasteiger partial charge in [0, 0.05) is 36.5 Å². The second kappa shape index (κ2) is 7.71. The van der Waals surface area contributed by atoms with Crippen molar-refractivity contribution in [3.63, 3.8) is 0 Å². The summed E-state index contributed by atoms with van der Waals surface area (Å²) in [5.74, 6) is 0. The molecule has 5 heteroatoms. The van der Waals surface area contributed by atoms with E-state index in [-0.39, 0.29) is 0 Å². The van der Waals surface area contributed by atoms with Crippen LogP contribution < -0.4 is 5.32 Å². The van der Waals surface area contributed by atoms with Crippen molar-refractivity contribution in [3.05, 3.63) is 33.5 Å². The van der Waals surface area contributed by atoms with Crippen LogP contribution in [-0.4, -0.2) is 27.4 Å². The summed E-state index contributed by atoms with van der Waals surface area (Å²) in [6.07, 6.45) is 2.98. The molecule has 1 unspecified atom stereocenters. The van der Waals surface area contributed by atoms with Crippen LogP contribution in [0.4, 0.5) is 0 Å². The molecule has 0 aromatic carbocycles. The molecule has 21 heavy (non-hydrogen) atoms. The largest absolute Gasteiger partial charge is 0.313 e. The topological polar surface area (TPSA) is 42.7 Å². The lowest BCUT2D eigenvalue weighted by atomic mass is 10.1. The van der Waals surface area contributed by atoms with E-state index < -0.39 is 0 Å². The Morgan fingerprint density at radius 2 is 2.05 bits per heavy atom. The number of nitrogens with zero attached hydrogens (tertiary/aromatic N) is 3. The smallest absolute Gasteiger partial charge is 0.0897 e. The standard InChI is InChI=1S/C16H26N4S/c1-5-13-9-16(20(7-3)19-13)10-14(17-6-2)8-15-11-21-12(4)18-15/h9,11,14,17H,5-8,10H2,1-4H3. The molecule has 0 bridgehead atoms. The van der Waals surface area contributed by atoms with Gasteiger partial charge in [-0.25, -0.2) is 4.98 Å². The summed E-state index contributed by atoms with van der Waals surface area (Å²) < 4.78 is 2.13. The Balaban J connectivity index is 2.09. The third kappa shape index (κ3) is 4.38. The molecular weight excluding hydrogens is 280 g/mol. The van der Waals surface area contributed by atoms with Gasteiger partial charge in [0.25, 0.3) is 0 Å².